The topological polar surface area (TPSA) is 93.0 Å². The van der Waals surface area contributed by atoms with Crippen LogP contribution in [0.3, 0.4) is 0 Å². The Morgan fingerprint density at radius 3 is 2.33 bits per heavy atom. The van der Waals surface area contributed by atoms with Gasteiger partial charge in [0.2, 0.25) is 11.6 Å². The fourth-order valence-electron chi connectivity index (χ4n) is 3.25. The Hall–Kier alpha value is -2.96. The van der Waals surface area contributed by atoms with Crippen LogP contribution in [0.5, 0.6) is 0 Å². The molecule has 0 unspecified atom stereocenters. The zero-order valence-electron chi connectivity index (χ0n) is 15.4. The van der Waals surface area contributed by atoms with Crippen LogP contribution in [0.1, 0.15) is 37.7 Å². The van der Waals surface area contributed by atoms with Crippen molar-refractivity contribution in [2.24, 2.45) is 0 Å². The summed E-state index contributed by atoms with van der Waals surface area (Å²) < 4.78 is 0. The smallest absolute Gasteiger partial charge is 0.353 e. The summed E-state index contributed by atoms with van der Waals surface area (Å²) in [5.74, 6) is 0.527. The van der Waals surface area contributed by atoms with Crippen LogP contribution in [0, 0.1) is 10.1 Å². The molecule has 0 saturated carbocycles. The largest absolute Gasteiger partial charge is 0.364 e. The molecule has 3 rings (SSSR count). The fourth-order valence-corrected chi connectivity index (χ4v) is 3.25. The number of nitro groups is 1. The SMILES string of the molecule is O=[N+]([O-])c1c(NCCC2=CCCCC2)ncnc1NCCc1ccccc1. The number of aromatic nitrogens is 2. The number of benzene rings is 1. The van der Waals surface area contributed by atoms with Crippen LogP contribution in [0.2, 0.25) is 0 Å². The summed E-state index contributed by atoms with van der Waals surface area (Å²) in [5, 5.41) is 17.8. The van der Waals surface area contributed by atoms with Gasteiger partial charge >= 0.3 is 5.69 Å². The molecule has 2 N–H and O–H groups in total. The molecule has 7 nitrogen and oxygen atoms in total. The maximum atomic E-state index is 11.6. The first-order chi connectivity index (χ1) is 13.2. The minimum Gasteiger partial charge on any atom is -0.364 e. The van der Waals surface area contributed by atoms with Crippen LogP contribution in [-0.2, 0) is 6.42 Å². The second kappa shape index (κ2) is 9.66. The van der Waals surface area contributed by atoms with Gasteiger partial charge in [0.25, 0.3) is 0 Å². The van der Waals surface area contributed by atoms with Crippen molar-refractivity contribution in [1.29, 1.82) is 0 Å². The molecule has 1 aromatic heterocycles. The summed E-state index contributed by atoms with van der Waals surface area (Å²) >= 11 is 0. The third-order valence-electron chi connectivity index (χ3n) is 4.68. The molecule has 0 fully saturated rings. The monoisotopic (exact) mass is 367 g/mol. The Morgan fingerprint density at radius 1 is 1.00 bits per heavy atom. The Labute approximate surface area is 159 Å². The normalized spacial score (nSPS) is 13.7. The molecule has 0 atom stereocenters. The molecule has 0 spiro atoms. The van der Waals surface area contributed by atoms with Gasteiger partial charge in [-0.25, -0.2) is 9.97 Å². The van der Waals surface area contributed by atoms with E-state index in [1.54, 1.807) is 0 Å². The first-order valence-electron chi connectivity index (χ1n) is 9.43. The van der Waals surface area contributed by atoms with E-state index in [2.05, 4.69) is 26.7 Å². The lowest BCUT2D eigenvalue weighted by Gasteiger charge is -2.13. The number of allylic oxidation sites excluding steroid dienone is 1. The van der Waals surface area contributed by atoms with E-state index in [4.69, 9.17) is 0 Å². The van der Waals surface area contributed by atoms with Gasteiger partial charge < -0.3 is 10.6 Å². The van der Waals surface area contributed by atoms with Crippen molar-refractivity contribution in [3.8, 4) is 0 Å². The van der Waals surface area contributed by atoms with Gasteiger partial charge in [0, 0.05) is 13.1 Å². The predicted octanol–water partition coefficient (Wildman–Crippen LogP) is 4.34. The molecule has 2 aromatic rings. The number of anilines is 2. The maximum Gasteiger partial charge on any atom is 0.353 e. The molecule has 1 aliphatic carbocycles. The number of hydrogen-bond donors (Lipinski definition) is 2. The number of nitrogens with zero attached hydrogens (tertiary/aromatic N) is 3. The van der Waals surface area contributed by atoms with Crippen LogP contribution < -0.4 is 10.6 Å². The standard InChI is InChI=1S/C20H25N5O2/c26-25(27)18-19(21-13-11-16-7-3-1-4-8-16)23-15-24-20(18)22-14-12-17-9-5-2-6-10-17/h1,3-4,7-9,15H,2,5-6,10-14H2,(H2,21,22,23,24). The molecule has 0 radical (unpaired) electrons. The molecule has 0 bridgehead atoms. The maximum absolute atomic E-state index is 11.6. The Balaban J connectivity index is 1.61. The second-order valence-electron chi connectivity index (χ2n) is 6.62. The molecule has 0 amide bonds. The quantitative estimate of drug-likeness (QED) is 0.389. The van der Waals surface area contributed by atoms with Crippen LogP contribution >= 0.6 is 0 Å². The third kappa shape index (κ3) is 5.51. The molecule has 1 heterocycles. The lowest BCUT2D eigenvalue weighted by atomic mass is 9.97. The number of hydrogen-bond acceptors (Lipinski definition) is 6. The minimum absolute atomic E-state index is 0.0943. The highest BCUT2D eigenvalue weighted by Gasteiger charge is 2.22. The van der Waals surface area contributed by atoms with Crippen LogP contribution in [0.25, 0.3) is 0 Å². The van der Waals surface area contributed by atoms with Gasteiger partial charge in [0.1, 0.15) is 6.33 Å². The fraction of sp³-hybridized carbons (Fsp3) is 0.400. The van der Waals surface area contributed by atoms with E-state index >= 15 is 0 Å². The van der Waals surface area contributed by atoms with Crippen LogP contribution in [0.4, 0.5) is 17.3 Å². The van der Waals surface area contributed by atoms with E-state index in [1.807, 2.05) is 30.3 Å². The summed E-state index contributed by atoms with van der Waals surface area (Å²) in [6.45, 7) is 1.20. The minimum atomic E-state index is -0.424. The van der Waals surface area contributed by atoms with E-state index in [0.29, 0.717) is 13.1 Å². The van der Waals surface area contributed by atoms with E-state index in [1.165, 1.54) is 30.3 Å². The average molecular weight is 367 g/mol. The Kier molecular flexibility index (Phi) is 6.73. The highest BCUT2D eigenvalue weighted by atomic mass is 16.6. The summed E-state index contributed by atoms with van der Waals surface area (Å²) in [7, 11) is 0. The molecule has 27 heavy (non-hydrogen) atoms. The van der Waals surface area contributed by atoms with Crippen molar-refractivity contribution in [3.63, 3.8) is 0 Å². The molecule has 1 aliphatic rings. The highest BCUT2D eigenvalue weighted by molar-refractivity contribution is 5.69. The molecule has 1 aromatic carbocycles. The zero-order chi connectivity index (χ0) is 18.9. The molecular formula is C20H25N5O2. The van der Waals surface area contributed by atoms with Gasteiger partial charge in [0.05, 0.1) is 4.92 Å². The summed E-state index contributed by atoms with van der Waals surface area (Å²) in [6, 6.07) is 9.98. The third-order valence-corrected chi connectivity index (χ3v) is 4.68. The van der Waals surface area contributed by atoms with E-state index < -0.39 is 4.92 Å². The lowest BCUT2D eigenvalue weighted by molar-refractivity contribution is -0.383. The van der Waals surface area contributed by atoms with E-state index in [-0.39, 0.29) is 17.3 Å². The summed E-state index contributed by atoms with van der Waals surface area (Å²) in [5.41, 5.74) is 2.50. The van der Waals surface area contributed by atoms with Crippen molar-refractivity contribution in [2.45, 2.75) is 38.5 Å². The Bertz CT molecular complexity index is 792. The first-order valence-corrected chi connectivity index (χ1v) is 9.43. The molecule has 142 valence electrons. The number of nitrogens with one attached hydrogen (secondary N) is 2. The second-order valence-corrected chi connectivity index (χ2v) is 6.62. The van der Waals surface area contributed by atoms with Gasteiger partial charge in [0.15, 0.2) is 0 Å². The van der Waals surface area contributed by atoms with Gasteiger partial charge in [-0.15, -0.1) is 0 Å². The van der Waals surface area contributed by atoms with Crippen molar-refractivity contribution in [1.82, 2.24) is 9.97 Å². The van der Waals surface area contributed by atoms with E-state index in [0.717, 1.165) is 25.7 Å². The molecular weight excluding hydrogens is 342 g/mol. The van der Waals surface area contributed by atoms with Gasteiger partial charge in [-0.2, -0.15) is 0 Å². The van der Waals surface area contributed by atoms with Crippen molar-refractivity contribution >= 4 is 17.3 Å². The molecule has 7 heteroatoms. The van der Waals surface area contributed by atoms with Crippen molar-refractivity contribution < 1.29 is 4.92 Å². The summed E-state index contributed by atoms with van der Waals surface area (Å²) in [4.78, 5) is 19.3. The average Bonchev–Trinajstić information content (AvgIpc) is 2.69. The zero-order valence-corrected chi connectivity index (χ0v) is 15.4. The van der Waals surface area contributed by atoms with Crippen LogP contribution in [0.15, 0.2) is 48.3 Å². The number of rotatable bonds is 9. The predicted molar refractivity (Wildman–Crippen MR) is 107 cm³/mol. The highest BCUT2D eigenvalue weighted by Crippen LogP contribution is 2.29. The van der Waals surface area contributed by atoms with Crippen molar-refractivity contribution in [3.05, 3.63) is 64.0 Å². The van der Waals surface area contributed by atoms with Crippen molar-refractivity contribution in [2.75, 3.05) is 23.7 Å². The molecule has 0 aliphatic heterocycles. The van der Waals surface area contributed by atoms with Gasteiger partial charge in [-0.05, 0) is 44.1 Å². The van der Waals surface area contributed by atoms with Gasteiger partial charge in [-0.3, -0.25) is 10.1 Å². The first kappa shape index (κ1) is 18.8. The van der Waals surface area contributed by atoms with Gasteiger partial charge in [-0.1, -0.05) is 42.0 Å². The molecule has 0 saturated heterocycles. The van der Waals surface area contributed by atoms with E-state index in [9.17, 15) is 10.1 Å². The Morgan fingerprint density at radius 2 is 1.70 bits per heavy atom. The lowest BCUT2D eigenvalue weighted by Crippen LogP contribution is -2.13. The van der Waals surface area contributed by atoms with Crippen LogP contribution in [-0.4, -0.2) is 28.0 Å². The summed E-state index contributed by atoms with van der Waals surface area (Å²) in [6.07, 6.45) is 10.0.